The van der Waals surface area contributed by atoms with Crippen LogP contribution in [0.4, 0.5) is 0 Å². The van der Waals surface area contributed by atoms with Gasteiger partial charge >= 0.3 is 0 Å². The second-order valence-corrected chi connectivity index (χ2v) is 11.7. The number of aromatic nitrogens is 1. The standard InChI is InChI=1S/C21H27NO3Si/c1-5-26(6-2,7-3)21-18(16-11-9-8-10-12-16)19-17(24-15-23-4)13-14-22-20(19)25-21/h8-14H,5-7,15H2,1-4H3. The number of nitrogens with zero attached hydrogens (tertiary/aromatic N) is 1. The van der Waals surface area contributed by atoms with Crippen LogP contribution in [0.2, 0.25) is 18.1 Å². The summed E-state index contributed by atoms with van der Waals surface area (Å²) in [6.45, 7) is 7.07. The van der Waals surface area contributed by atoms with E-state index in [9.17, 15) is 0 Å². The molecule has 1 aromatic carbocycles. The number of hydrogen-bond acceptors (Lipinski definition) is 4. The van der Waals surface area contributed by atoms with Gasteiger partial charge < -0.3 is 13.9 Å². The summed E-state index contributed by atoms with van der Waals surface area (Å²) in [6, 6.07) is 15.8. The predicted molar refractivity (Wildman–Crippen MR) is 109 cm³/mol. The Morgan fingerprint density at radius 2 is 1.69 bits per heavy atom. The van der Waals surface area contributed by atoms with Gasteiger partial charge in [-0.15, -0.1) is 0 Å². The van der Waals surface area contributed by atoms with Gasteiger partial charge in [0.15, 0.2) is 6.79 Å². The zero-order valence-electron chi connectivity index (χ0n) is 16.0. The van der Waals surface area contributed by atoms with Crippen molar-refractivity contribution < 1.29 is 13.9 Å². The number of furan rings is 1. The first-order valence-corrected chi connectivity index (χ1v) is 11.9. The van der Waals surface area contributed by atoms with E-state index in [1.54, 1.807) is 13.3 Å². The van der Waals surface area contributed by atoms with Crippen molar-refractivity contribution in [1.29, 1.82) is 0 Å². The van der Waals surface area contributed by atoms with Gasteiger partial charge in [-0.3, -0.25) is 0 Å². The quantitative estimate of drug-likeness (QED) is 0.405. The summed E-state index contributed by atoms with van der Waals surface area (Å²) >= 11 is 0. The highest BCUT2D eigenvalue weighted by molar-refractivity contribution is 6.92. The van der Waals surface area contributed by atoms with Gasteiger partial charge in [0, 0.05) is 18.9 Å². The maximum atomic E-state index is 6.44. The average Bonchev–Trinajstić information content (AvgIpc) is 3.09. The molecular formula is C21H27NO3Si. The predicted octanol–water partition coefficient (Wildman–Crippen LogP) is 5.19. The first kappa shape index (κ1) is 18.7. The molecule has 0 fully saturated rings. The van der Waals surface area contributed by atoms with E-state index < -0.39 is 8.07 Å². The van der Waals surface area contributed by atoms with E-state index in [1.807, 2.05) is 12.1 Å². The first-order valence-electron chi connectivity index (χ1n) is 9.29. The molecule has 3 aromatic rings. The number of pyridine rings is 1. The van der Waals surface area contributed by atoms with Crippen molar-refractivity contribution in [3.05, 3.63) is 42.6 Å². The summed E-state index contributed by atoms with van der Waals surface area (Å²) in [5, 5.41) is 2.10. The van der Waals surface area contributed by atoms with Crippen LogP contribution in [0.5, 0.6) is 5.75 Å². The Morgan fingerprint density at radius 3 is 2.31 bits per heavy atom. The van der Waals surface area contributed by atoms with Gasteiger partial charge in [-0.1, -0.05) is 69.2 Å². The van der Waals surface area contributed by atoms with E-state index in [0.717, 1.165) is 45.8 Å². The Morgan fingerprint density at radius 1 is 1.00 bits per heavy atom. The molecule has 0 N–H and O–H groups in total. The summed E-state index contributed by atoms with van der Waals surface area (Å²) < 4.78 is 17.4. The lowest BCUT2D eigenvalue weighted by atomic mass is 10.1. The molecule has 0 amide bonds. The molecule has 0 saturated heterocycles. The van der Waals surface area contributed by atoms with E-state index in [1.165, 1.54) is 0 Å². The van der Waals surface area contributed by atoms with Crippen LogP contribution in [-0.4, -0.2) is 27.0 Å². The molecule has 5 heteroatoms. The maximum absolute atomic E-state index is 6.44. The number of fused-ring (bicyclic) bond motifs is 1. The first-order chi connectivity index (χ1) is 12.7. The smallest absolute Gasteiger partial charge is 0.230 e. The van der Waals surface area contributed by atoms with Gasteiger partial charge in [-0.05, 0) is 11.6 Å². The SMILES string of the molecule is CC[Si](CC)(CC)c1oc2nccc(OCOC)c2c1-c1ccccc1. The second-order valence-electron chi connectivity index (χ2n) is 6.55. The van der Waals surface area contributed by atoms with Crippen molar-refractivity contribution in [2.75, 3.05) is 13.9 Å². The molecule has 4 nitrogen and oxygen atoms in total. The Labute approximate surface area is 156 Å². The molecule has 0 saturated carbocycles. The van der Waals surface area contributed by atoms with Crippen LogP contribution in [0, 0.1) is 0 Å². The minimum absolute atomic E-state index is 0.200. The molecular weight excluding hydrogens is 342 g/mol. The van der Waals surface area contributed by atoms with Gasteiger partial charge in [-0.2, -0.15) is 0 Å². The Bertz CT molecular complexity index is 848. The fourth-order valence-electron chi connectivity index (χ4n) is 3.72. The van der Waals surface area contributed by atoms with Crippen molar-refractivity contribution >= 4 is 24.6 Å². The Kier molecular flexibility index (Phi) is 5.79. The summed E-state index contributed by atoms with van der Waals surface area (Å²) in [7, 11) is -0.126. The largest absolute Gasteiger partial charge is 0.467 e. The van der Waals surface area contributed by atoms with Gasteiger partial charge in [0.2, 0.25) is 5.71 Å². The van der Waals surface area contributed by atoms with E-state index >= 15 is 0 Å². The van der Waals surface area contributed by atoms with Crippen molar-refractivity contribution in [2.24, 2.45) is 0 Å². The molecule has 0 bridgehead atoms. The van der Waals surface area contributed by atoms with Crippen LogP contribution in [0.3, 0.4) is 0 Å². The Balaban J connectivity index is 2.35. The molecule has 0 aliphatic heterocycles. The Hall–Kier alpha value is -2.11. The molecule has 2 heterocycles. The third-order valence-corrected chi connectivity index (χ3v) is 10.8. The third-order valence-electron chi connectivity index (χ3n) is 5.46. The maximum Gasteiger partial charge on any atom is 0.230 e. The lowest BCUT2D eigenvalue weighted by molar-refractivity contribution is 0.0522. The molecule has 0 aliphatic rings. The molecule has 0 aliphatic carbocycles. The minimum atomic E-state index is -1.75. The van der Waals surface area contributed by atoms with Gasteiger partial charge in [-0.25, -0.2) is 4.98 Å². The average molecular weight is 370 g/mol. The highest BCUT2D eigenvalue weighted by Crippen LogP contribution is 2.38. The van der Waals surface area contributed by atoms with Crippen LogP contribution in [0.25, 0.3) is 22.2 Å². The summed E-state index contributed by atoms with van der Waals surface area (Å²) in [4.78, 5) is 4.51. The summed E-state index contributed by atoms with van der Waals surface area (Å²) in [6.07, 6.45) is 1.74. The fraction of sp³-hybridized carbons (Fsp3) is 0.381. The van der Waals surface area contributed by atoms with Crippen molar-refractivity contribution in [3.8, 4) is 16.9 Å². The fourth-order valence-corrected chi connectivity index (χ4v) is 7.30. The number of ether oxygens (including phenoxy) is 2. The summed E-state index contributed by atoms with van der Waals surface area (Å²) in [5.74, 6) is 0.761. The molecule has 0 atom stereocenters. The number of methoxy groups -OCH3 is 1. The summed E-state index contributed by atoms with van der Waals surface area (Å²) in [5.41, 5.74) is 2.96. The number of benzene rings is 1. The normalized spacial score (nSPS) is 11.8. The van der Waals surface area contributed by atoms with Gasteiger partial charge in [0.25, 0.3) is 0 Å². The van der Waals surface area contributed by atoms with Crippen molar-refractivity contribution in [3.63, 3.8) is 0 Å². The third kappa shape index (κ3) is 3.17. The highest BCUT2D eigenvalue weighted by atomic mass is 28.3. The molecule has 0 spiro atoms. The number of hydrogen-bond donors (Lipinski definition) is 0. The molecule has 0 radical (unpaired) electrons. The van der Waals surface area contributed by atoms with E-state index in [0.29, 0.717) is 5.71 Å². The molecule has 3 rings (SSSR count). The van der Waals surface area contributed by atoms with Crippen LogP contribution >= 0.6 is 0 Å². The monoisotopic (exact) mass is 369 g/mol. The van der Waals surface area contributed by atoms with E-state index in [-0.39, 0.29) is 6.79 Å². The zero-order valence-corrected chi connectivity index (χ0v) is 17.0. The minimum Gasteiger partial charge on any atom is -0.467 e. The van der Waals surface area contributed by atoms with E-state index in [4.69, 9.17) is 13.9 Å². The molecule has 0 unspecified atom stereocenters. The highest BCUT2D eigenvalue weighted by Gasteiger charge is 2.37. The van der Waals surface area contributed by atoms with Crippen LogP contribution in [-0.2, 0) is 4.74 Å². The van der Waals surface area contributed by atoms with Gasteiger partial charge in [0.05, 0.1) is 10.8 Å². The molecule has 26 heavy (non-hydrogen) atoms. The van der Waals surface area contributed by atoms with Crippen LogP contribution in [0.1, 0.15) is 20.8 Å². The topological polar surface area (TPSA) is 44.5 Å². The van der Waals surface area contributed by atoms with Crippen LogP contribution in [0.15, 0.2) is 47.0 Å². The molecule has 2 aromatic heterocycles. The second kappa shape index (κ2) is 8.06. The van der Waals surface area contributed by atoms with E-state index in [2.05, 4.69) is 50.0 Å². The zero-order chi connectivity index (χ0) is 18.6. The van der Waals surface area contributed by atoms with Gasteiger partial charge in [0.1, 0.15) is 13.8 Å². The lowest BCUT2D eigenvalue weighted by Gasteiger charge is -2.26. The lowest BCUT2D eigenvalue weighted by Crippen LogP contribution is -2.45. The van der Waals surface area contributed by atoms with Crippen molar-refractivity contribution in [2.45, 2.75) is 38.9 Å². The van der Waals surface area contributed by atoms with Crippen LogP contribution < -0.4 is 10.1 Å². The molecule has 138 valence electrons. The number of rotatable bonds is 8. The van der Waals surface area contributed by atoms with Crippen molar-refractivity contribution in [1.82, 2.24) is 4.98 Å².